The zero-order valence-corrected chi connectivity index (χ0v) is 17.3. The molecule has 3 aromatic rings. The van der Waals surface area contributed by atoms with Crippen molar-refractivity contribution in [2.45, 2.75) is 25.8 Å². The highest BCUT2D eigenvalue weighted by molar-refractivity contribution is 5.90. The third kappa shape index (κ3) is 5.96. The highest BCUT2D eigenvalue weighted by Gasteiger charge is 2.33. The molecule has 0 bridgehead atoms. The molecule has 1 N–H and O–H groups in total. The molecule has 34 heavy (non-hydrogen) atoms. The molecule has 15 heteroatoms. The Hall–Kier alpha value is -3.33. The highest BCUT2D eigenvalue weighted by Crippen LogP contribution is 2.37. The quantitative estimate of drug-likeness (QED) is 0.484. The number of aryl methyl sites for hydroxylation is 1. The van der Waals surface area contributed by atoms with Crippen LogP contribution in [0.1, 0.15) is 5.56 Å². The fraction of sp³-hybridized carbons (Fsp3) is 0.421. The van der Waals surface area contributed by atoms with Crippen molar-refractivity contribution in [2.75, 3.05) is 31.7 Å². The Bertz CT molecular complexity index is 1160. The Kier molecular flexibility index (Phi) is 6.40. The van der Waals surface area contributed by atoms with Gasteiger partial charge in [-0.15, -0.1) is 18.3 Å². The molecule has 4 rings (SSSR count). The van der Waals surface area contributed by atoms with E-state index in [4.69, 9.17) is 13.9 Å². The number of halogens is 6. The van der Waals surface area contributed by atoms with Crippen LogP contribution in [-0.2, 0) is 9.47 Å². The predicted molar refractivity (Wildman–Crippen MR) is 102 cm³/mol. The summed E-state index contributed by atoms with van der Waals surface area (Å²) < 4.78 is 101. The number of fused-ring (bicyclic) bond motifs is 1. The van der Waals surface area contributed by atoms with E-state index in [9.17, 15) is 26.3 Å². The molecule has 0 atom stereocenters. The van der Waals surface area contributed by atoms with Gasteiger partial charge in [-0.2, -0.15) is 13.2 Å². The number of hydrogen-bond donors (Lipinski definition) is 1. The van der Waals surface area contributed by atoms with Gasteiger partial charge in [0.2, 0.25) is 0 Å². The summed E-state index contributed by atoms with van der Waals surface area (Å²) in [6, 6.07) is 3.24. The van der Waals surface area contributed by atoms with E-state index in [1.54, 1.807) is 0 Å². The second-order valence-electron chi connectivity index (χ2n) is 7.06. The first kappa shape index (κ1) is 23.8. The molecule has 1 aliphatic rings. The fourth-order valence-corrected chi connectivity index (χ4v) is 3.09. The molecule has 9 nitrogen and oxygen atoms in total. The Balaban J connectivity index is 1.66. The molecule has 184 valence electrons. The summed E-state index contributed by atoms with van der Waals surface area (Å²) in [7, 11) is 0. The molecular weight excluding hydrogens is 478 g/mol. The van der Waals surface area contributed by atoms with Gasteiger partial charge in [0.25, 0.3) is 5.89 Å². The molecule has 1 aliphatic heterocycles. The Morgan fingerprint density at radius 1 is 1.06 bits per heavy atom. The van der Waals surface area contributed by atoms with Crippen LogP contribution in [0.5, 0.6) is 11.5 Å². The first-order chi connectivity index (χ1) is 16.0. The number of rotatable bonds is 7. The minimum Gasteiger partial charge on any atom is -0.484 e. The Morgan fingerprint density at radius 3 is 2.47 bits per heavy atom. The molecule has 0 unspecified atom stereocenters. The normalized spacial score (nSPS) is 15.1. The van der Waals surface area contributed by atoms with Crippen LogP contribution in [0.2, 0.25) is 0 Å². The molecule has 0 saturated carbocycles. The fourth-order valence-electron chi connectivity index (χ4n) is 3.09. The molecule has 0 spiro atoms. The van der Waals surface area contributed by atoms with Gasteiger partial charge in [0.15, 0.2) is 18.6 Å². The SMILES string of the molecule is Cc1cc(-c2nnc(NCC3OCCO3)o2)nc2c(OC(F)(F)F)cc(OCC(F)(F)F)cc12. The van der Waals surface area contributed by atoms with E-state index >= 15 is 0 Å². The number of aromatic nitrogens is 3. The van der Waals surface area contributed by atoms with E-state index in [2.05, 4.69) is 30.0 Å². The number of anilines is 1. The number of alkyl halides is 6. The summed E-state index contributed by atoms with van der Waals surface area (Å²) >= 11 is 0. The van der Waals surface area contributed by atoms with Gasteiger partial charge in [-0.25, -0.2) is 4.98 Å². The molecule has 0 radical (unpaired) electrons. The van der Waals surface area contributed by atoms with Crippen molar-refractivity contribution in [3.63, 3.8) is 0 Å². The summed E-state index contributed by atoms with van der Waals surface area (Å²) in [4.78, 5) is 4.12. The predicted octanol–water partition coefficient (Wildman–Crippen LogP) is 4.22. The van der Waals surface area contributed by atoms with Gasteiger partial charge in [-0.3, -0.25) is 0 Å². The summed E-state index contributed by atoms with van der Waals surface area (Å²) in [6.45, 7) is 0.946. The largest absolute Gasteiger partial charge is 0.573 e. The lowest BCUT2D eigenvalue weighted by Gasteiger charge is -2.15. The summed E-state index contributed by atoms with van der Waals surface area (Å²) in [6.07, 6.45) is -10.3. The van der Waals surface area contributed by atoms with Crippen LogP contribution in [0.3, 0.4) is 0 Å². The summed E-state index contributed by atoms with van der Waals surface area (Å²) in [5, 5.41) is 10.5. The van der Waals surface area contributed by atoms with E-state index in [1.807, 2.05) is 0 Å². The number of nitrogens with one attached hydrogen (secondary N) is 1. The lowest BCUT2D eigenvalue weighted by Crippen LogP contribution is -2.20. The van der Waals surface area contributed by atoms with E-state index in [0.29, 0.717) is 24.8 Å². The van der Waals surface area contributed by atoms with Gasteiger partial charge < -0.3 is 28.7 Å². The number of pyridine rings is 1. The minimum atomic E-state index is -5.13. The van der Waals surface area contributed by atoms with Crippen molar-refractivity contribution in [1.29, 1.82) is 0 Å². The molecule has 1 aromatic carbocycles. The maximum absolute atomic E-state index is 13.0. The van der Waals surface area contributed by atoms with Crippen molar-refractivity contribution < 1.29 is 49.7 Å². The maximum Gasteiger partial charge on any atom is 0.573 e. The lowest BCUT2D eigenvalue weighted by atomic mass is 10.1. The lowest BCUT2D eigenvalue weighted by molar-refractivity contribution is -0.274. The van der Waals surface area contributed by atoms with E-state index in [-0.39, 0.29) is 35.0 Å². The number of hydrogen-bond acceptors (Lipinski definition) is 9. The molecular formula is C19H16F6N4O5. The van der Waals surface area contributed by atoms with Gasteiger partial charge in [0, 0.05) is 11.5 Å². The van der Waals surface area contributed by atoms with Crippen molar-refractivity contribution >= 4 is 16.9 Å². The van der Waals surface area contributed by atoms with E-state index in [1.165, 1.54) is 13.0 Å². The number of ether oxygens (including phenoxy) is 4. The molecule has 1 saturated heterocycles. The van der Waals surface area contributed by atoms with Gasteiger partial charge in [-0.05, 0) is 24.6 Å². The summed E-state index contributed by atoms with van der Waals surface area (Å²) in [5.41, 5.74) is 0.0898. The van der Waals surface area contributed by atoms with Gasteiger partial charge in [-0.1, -0.05) is 5.10 Å². The number of benzene rings is 1. The second-order valence-corrected chi connectivity index (χ2v) is 7.06. The van der Waals surface area contributed by atoms with Crippen LogP contribution in [0.15, 0.2) is 22.6 Å². The zero-order chi connectivity index (χ0) is 24.5. The molecule has 1 fully saturated rings. The topological polar surface area (TPSA) is 101 Å². The van der Waals surface area contributed by atoms with Crippen LogP contribution >= 0.6 is 0 Å². The van der Waals surface area contributed by atoms with E-state index < -0.39 is 36.9 Å². The number of nitrogens with zero attached hydrogens (tertiary/aromatic N) is 3. The van der Waals surface area contributed by atoms with Crippen LogP contribution < -0.4 is 14.8 Å². The van der Waals surface area contributed by atoms with Crippen LogP contribution in [-0.4, -0.2) is 60.4 Å². The van der Waals surface area contributed by atoms with Crippen molar-refractivity contribution in [3.05, 3.63) is 23.8 Å². The highest BCUT2D eigenvalue weighted by atomic mass is 19.4. The third-order valence-electron chi connectivity index (χ3n) is 4.44. The smallest absolute Gasteiger partial charge is 0.484 e. The standard InChI is InChI=1S/C19H16F6N4O5/c1-9-4-12(16-28-29-17(33-16)26-7-14-30-2-3-31-14)27-15-11(9)5-10(32-8-18(20,21)22)6-13(15)34-19(23,24)25/h4-6,14H,2-3,7-8H2,1H3,(H,26,29). The molecule has 3 heterocycles. The van der Waals surface area contributed by atoms with Gasteiger partial charge in [0.1, 0.15) is 17.0 Å². The summed E-state index contributed by atoms with van der Waals surface area (Å²) in [5.74, 6) is -1.43. The Labute approximate surface area is 187 Å². The van der Waals surface area contributed by atoms with Crippen LogP contribution in [0, 0.1) is 6.92 Å². The second kappa shape index (κ2) is 9.13. The Morgan fingerprint density at radius 2 is 1.79 bits per heavy atom. The zero-order valence-electron chi connectivity index (χ0n) is 17.3. The average molecular weight is 494 g/mol. The van der Waals surface area contributed by atoms with Crippen LogP contribution in [0.4, 0.5) is 32.4 Å². The minimum absolute atomic E-state index is 0.00341. The average Bonchev–Trinajstić information content (AvgIpc) is 3.41. The van der Waals surface area contributed by atoms with Gasteiger partial charge in [0.05, 0.1) is 19.8 Å². The van der Waals surface area contributed by atoms with Crippen molar-refractivity contribution in [1.82, 2.24) is 15.2 Å². The van der Waals surface area contributed by atoms with Crippen molar-refractivity contribution in [2.24, 2.45) is 0 Å². The van der Waals surface area contributed by atoms with Crippen molar-refractivity contribution in [3.8, 4) is 23.1 Å². The molecule has 0 aliphatic carbocycles. The van der Waals surface area contributed by atoms with Crippen LogP contribution in [0.25, 0.3) is 22.5 Å². The van der Waals surface area contributed by atoms with E-state index in [0.717, 1.165) is 6.07 Å². The monoisotopic (exact) mass is 494 g/mol. The van der Waals surface area contributed by atoms with Gasteiger partial charge >= 0.3 is 18.6 Å². The first-order valence-electron chi connectivity index (χ1n) is 9.68. The molecule has 2 aromatic heterocycles. The molecule has 0 amide bonds. The maximum atomic E-state index is 13.0. The first-order valence-corrected chi connectivity index (χ1v) is 9.68. The third-order valence-corrected chi connectivity index (χ3v) is 4.44.